The van der Waals surface area contributed by atoms with Gasteiger partial charge in [-0.05, 0) is 19.1 Å². The minimum atomic E-state index is -0.543. The Labute approximate surface area is 128 Å². The molecule has 2 heterocycles. The molecule has 1 saturated heterocycles. The third kappa shape index (κ3) is 3.60. The largest absolute Gasteiger partial charge is 0.461 e. The quantitative estimate of drug-likeness (QED) is 0.762. The molecular formula is C15H19N3O4. The van der Waals surface area contributed by atoms with E-state index in [0.29, 0.717) is 26.2 Å². The number of piperazine rings is 1. The molecule has 0 spiro atoms. The van der Waals surface area contributed by atoms with E-state index in [0.717, 1.165) is 0 Å². The van der Waals surface area contributed by atoms with Gasteiger partial charge in [0.25, 0.3) is 5.91 Å². The van der Waals surface area contributed by atoms with Crippen LogP contribution >= 0.6 is 0 Å². The summed E-state index contributed by atoms with van der Waals surface area (Å²) in [4.78, 5) is 42.8. The molecule has 7 nitrogen and oxygen atoms in total. The van der Waals surface area contributed by atoms with Crippen LogP contribution in [0.5, 0.6) is 0 Å². The Morgan fingerprint density at radius 1 is 1.09 bits per heavy atom. The van der Waals surface area contributed by atoms with E-state index in [-0.39, 0.29) is 29.8 Å². The number of nitrogens with zero attached hydrogens (tertiary/aromatic N) is 3. The van der Waals surface area contributed by atoms with Crippen molar-refractivity contribution in [3.05, 3.63) is 29.6 Å². The van der Waals surface area contributed by atoms with Gasteiger partial charge in [-0.1, -0.05) is 6.07 Å². The third-order valence-electron chi connectivity index (χ3n) is 3.46. The number of rotatable bonds is 3. The fraction of sp³-hybridized carbons (Fsp3) is 0.467. The second-order valence-corrected chi connectivity index (χ2v) is 4.93. The van der Waals surface area contributed by atoms with Crippen LogP contribution in [0.3, 0.4) is 0 Å². The molecule has 1 aromatic rings. The monoisotopic (exact) mass is 305 g/mol. The molecule has 22 heavy (non-hydrogen) atoms. The molecule has 2 amide bonds. The summed E-state index contributed by atoms with van der Waals surface area (Å²) in [5, 5.41) is 0. The van der Waals surface area contributed by atoms with Crippen LogP contribution in [-0.2, 0) is 9.53 Å². The molecule has 1 aliphatic rings. The Morgan fingerprint density at radius 3 is 2.27 bits per heavy atom. The number of pyridine rings is 1. The minimum Gasteiger partial charge on any atom is -0.461 e. The highest BCUT2D eigenvalue weighted by Crippen LogP contribution is 2.09. The first-order valence-electron chi connectivity index (χ1n) is 7.22. The van der Waals surface area contributed by atoms with E-state index in [4.69, 9.17) is 4.74 Å². The summed E-state index contributed by atoms with van der Waals surface area (Å²) >= 11 is 0. The van der Waals surface area contributed by atoms with Gasteiger partial charge in [0, 0.05) is 33.1 Å². The molecule has 7 heteroatoms. The number of carbonyl (C=O) groups excluding carboxylic acids is 3. The van der Waals surface area contributed by atoms with Crippen molar-refractivity contribution in [2.45, 2.75) is 13.8 Å². The van der Waals surface area contributed by atoms with Crippen LogP contribution in [0, 0.1) is 0 Å². The van der Waals surface area contributed by atoms with E-state index < -0.39 is 5.97 Å². The van der Waals surface area contributed by atoms with Crippen molar-refractivity contribution in [1.82, 2.24) is 14.8 Å². The number of hydrogen-bond acceptors (Lipinski definition) is 5. The van der Waals surface area contributed by atoms with E-state index in [9.17, 15) is 14.4 Å². The van der Waals surface area contributed by atoms with Crippen LogP contribution in [0.15, 0.2) is 18.2 Å². The van der Waals surface area contributed by atoms with Crippen LogP contribution in [-0.4, -0.2) is 65.4 Å². The first-order valence-corrected chi connectivity index (χ1v) is 7.22. The molecule has 0 atom stereocenters. The van der Waals surface area contributed by atoms with Crippen molar-refractivity contribution in [2.24, 2.45) is 0 Å². The Morgan fingerprint density at radius 2 is 1.68 bits per heavy atom. The van der Waals surface area contributed by atoms with E-state index in [2.05, 4.69) is 4.98 Å². The highest BCUT2D eigenvalue weighted by atomic mass is 16.5. The van der Waals surface area contributed by atoms with Crippen LogP contribution in [0.25, 0.3) is 0 Å². The van der Waals surface area contributed by atoms with Gasteiger partial charge in [0.1, 0.15) is 11.4 Å². The highest BCUT2D eigenvalue weighted by molar-refractivity contribution is 5.94. The summed E-state index contributed by atoms with van der Waals surface area (Å²) in [6.45, 7) is 5.43. The predicted molar refractivity (Wildman–Crippen MR) is 78.4 cm³/mol. The Hall–Kier alpha value is -2.44. The second-order valence-electron chi connectivity index (χ2n) is 4.93. The van der Waals surface area contributed by atoms with Gasteiger partial charge in [-0.2, -0.15) is 0 Å². The lowest BCUT2D eigenvalue weighted by molar-refractivity contribution is -0.130. The average molecular weight is 305 g/mol. The number of esters is 1. The maximum Gasteiger partial charge on any atom is 0.356 e. The van der Waals surface area contributed by atoms with Gasteiger partial charge in [-0.15, -0.1) is 0 Å². The minimum absolute atomic E-state index is 0.00883. The first kappa shape index (κ1) is 15.9. The smallest absolute Gasteiger partial charge is 0.356 e. The normalized spacial score (nSPS) is 14.6. The lowest BCUT2D eigenvalue weighted by Crippen LogP contribution is -2.50. The molecule has 0 radical (unpaired) electrons. The van der Waals surface area contributed by atoms with E-state index in [1.54, 1.807) is 28.9 Å². The summed E-state index contributed by atoms with van der Waals surface area (Å²) in [5.41, 5.74) is 0.330. The molecule has 0 bridgehead atoms. The third-order valence-corrected chi connectivity index (χ3v) is 3.46. The fourth-order valence-electron chi connectivity index (χ4n) is 2.26. The van der Waals surface area contributed by atoms with Gasteiger partial charge in [-0.25, -0.2) is 9.78 Å². The molecule has 1 aromatic heterocycles. The summed E-state index contributed by atoms with van der Waals surface area (Å²) in [7, 11) is 0. The van der Waals surface area contributed by atoms with Crippen molar-refractivity contribution in [1.29, 1.82) is 0 Å². The molecule has 0 saturated carbocycles. The summed E-state index contributed by atoms with van der Waals surface area (Å²) in [6.07, 6.45) is 0. The van der Waals surface area contributed by atoms with Crippen LogP contribution < -0.4 is 0 Å². The van der Waals surface area contributed by atoms with E-state index >= 15 is 0 Å². The van der Waals surface area contributed by atoms with E-state index in [1.807, 2.05) is 0 Å². The zero-order chi connectivity index (χ0) is 16.1. The van der Waals surface area contributed by atoms with Gasteiger partial charge in [0.05, 0.1) is 6.61 Å². The molecule has 0 aromatic carbocycles. The van der Waals surface area contributed by atoms with Crippen molar-refractivity contribution in [3.8, 4) is 0 Å². The second kappa shape index (κ2) is 7.02. The van der Waals surface area contributed by atoms with Crippen molar-refractivity contribution in [3.63, 3.8) is 0 Å². The van der Waals surface area contributed by atoms with Gasteiger partial charge < -0.3 is 14.5 Å². The van der Waals surface area contributed by atoms with Crippen LogP contribution in [0.2, 0.25) is 0 Å². The first-order chi connectivity index (χ1) is 10.5. The number of aromatic nitrogens is 1. The van der Waals surface area contributed by atoms with Crippen LogP contribution in [0.1, 0.15) is 34.8 Å². The number of hydrogen-bond donors (Lipinski definition) is 0. The molecule has 0 unspecified atom stereocenters. The molecular weight excluding hydrogens is 286 g/mol. The summed E-state index contributed by atoms with van der Waals surface area (Å²) < 4.78 is 4.88. The van der Waals surface area contributed by atoms with Gasteiger partial charge in [0.15, 0.2) is 0 Å². The Kier molecular flexibility index (Phi) is 5.08. The molecule has 0 N–H and O–H groups in total. The lowest BCUT2D eigenvalue weighted by atomic mass is 10.2. The Balaban J connectivity index is 2.06. The summed E-state index contributed by atoms with van der Waals surface area (Å²) in [6, 6.07) is 4.70. The average Bonchev–Trinajstić information content (AvgIpc) is 2.54. The van der Waals surface area contributed by atoms with Crippen molar-refractivity contribution >= 4 is 17.8 Å². The van der Waals surface area contributed by atoms with Gasteiger partial charge >= 0.3 is 5.97 Å². The van der Waals surface area contributed by atoms with Crippen molar-refractivity contribution in [2.75, 3.05) is 32.8 Å². The molecule has 1 fully saturated rings. The van der Waals surface area contributed by atoms with Crippen LogP contribution in [0.4, 0.5) is 0 Å². The predicted octanol–water partition coefficient (Wildman–Crippen LogP) is 0.563. The topological polar surface area (TPSA) is 79.8 Å². The van der Waals surface area contributed by atoms with Crippen molar-refractivity contribution < 1.29 is 19.1 Å². The number of amides is 2. The van der Waals surface area contributed by atoms with Gasteiger partial charge in [0.2, 0.25) is 5.91 Å². The standard InChI is InChI=1S/C15H19N3O4/c1-3-22-15(21)13-6-4-5-12(16-13)14(20)18-9-7-17(8-10-18)11(2)19/h4-6H,3,7-10H2,1-2H3. The molecule has 2 rings (SSSR count). The fourth-order valence-corrected chi connectivity index (χ4v) is 2.26. The number of ether oxygens (including phenoxy) is 1. The molecule has 1 aliphatic heterocycles. The van der Waals surface area contributed by atoms with E-state index in [1.165, 1.54) is 13.0 Å². The maximum absolute atomic E-state index is 12.4. The molecule has 118 valence electrons. The van der Waals surface area contributed by atoms with Gasteiger partial charge in [-0.3, -0.25) is 9.59 Å². The summed E-state index contributed by atoms with van der Waals surface area (Å²) in [5.74, 6) is -0.776. The zero-order valence-corrected chi connectivity index (χ0v) is 12.7. The SMILES string of the molecule is CCOC(=O)c1cccc(C(=O)N2CCN(C(C)=O)CC2)n1. The lowest BCUT2D eigenvalue weighted by Gasteiger charge is -2.34. The zero-order valence-electron chi connectivity index (χ0n) is 12.7. The molecule has 0 aliphatic carbocycles. The number of carbonyl (C=O) groups is 3. The Bertz CT molecular complexity index is 580. The highest BCUT2D eigenvalue weighted by Gasteiger charge is 2.24. The maximum atomic E-state index is 12.4.